The Kier molecular flexibility index (Phi) is 4.12. The summed E-state index contributed by atoms with van der Waals surface area (Å²) < 4.78 is 40.1. The normalized spacial score (nSPS) is 22.4. The van der Waals surface area contributed by atoms with E-state index in [1.807, 2.05) is 0 Å². The van der Waals surface area contributed by atoms with Crippen molar-refractivity contribution in [2.75, 3.05) is 13.1 Å². The summed E-state index contributed by atoms with van der Waals surface area (Å²) in [5.41, 5.74) is 0. The van der Waals surface area contributed by atoms with E-state index < -0.39 is 21.6 Å². The second-order valence-electron chi connectivity index (χ2n) is 4.74. The van der Waals surface area contributed by atoms with Gasteiger partial charge < -0.3 is 5.32 Å². The lowest BCUT2D eigenvalue weighted by Gasteiger charge is -2.32. The van der Waals surface area contributed by atoms with E-state index in [1.54, 1.807) is 0 Å². The molecule has 1 fully saturated rings. The minimum absolute atomic E-state index is 0.221. The molecular weight excluding hydrogens is 256 g/mol. The van der Waals surface area contributed by atoms with Crippen molar-refractivity contribution in [3.63, 3.8) is 0 Å². The predicted molar refractivity (Wildman–Crippen MR) is 67.9 cm³/mol. The molecule has 0 spiro atoms. The SMILES string of the molecule is CC(F)(C1CCNCC1)S(=O)c1cccc(F)c1. The molecule has 0 radical (unpaired) electrons. The summed E-state index contributed by atoms with van der Waals surface area (Å²) in [6.45, 7) is 2.85. The third-order valence-electron chi connectivity index (χ3n) is 3.44. The molecule has 1 saturated heterocycles. The molecule has 0 saturated carbocycles. The van der Waals surface area contributed by atoms with E-state index in [4.69, 9.17) is 0 Å². The van der Waals surface area contributed by atoms with Crippen LogP contribution in [0.25, 0.3) is 0 Å². The molecule has 0 aromatic heterocycles. The molecule has 0 bridgehead atoms. The summed E-state index contributed by atoms with van der Waals surface area (Å²) in [7, 11) is -1.84. The number of nitrogens with one attached hydrogen (secondary N) is 1. The van der Waals surface area contributed by atoms with Gasteiger partial charge in [0.15, 0.2) is 5.00 Å². The van der Waals surface area contributed by atoms with Crippen molar-refractivity contribution in [3.05, 3.63) is 30.1 Å². The fourth-order valence-electron chi connectivity index (χ4n) is 2.30. The second-order valence-corrected chi connectivity index (χ2v) is 6.54. The molecule has 100 valence electrons. The fraction of sp³-hybridized carbons (Fsp3) is 0.538. The smallest absolute Gasteiger partial charge is 0.189 e. The minimum Gasteiger partial charge on any atom is -0.317 e. The molecule has 1 aromatic carbocycles. The zero-order valence-corrected chi connectivity index (χ0v) is 11.1. The Labute approximate surface area is 108 Å². The van der Waals surface area contributed by atoms with E-state index in [0.29, 0.717) is 12.8 Å². The number of hydrogen-bond donors (Lipinski definition) is 1. The fourth-order valence-corrected chi connectivity index (χ4v) is 3.72. The van der Waals surface area contributed by atoms with E-state index in [2.05, 4.69) is 5.32 Å². The average molecular weight is 273 g/mol. The van der Waals surface area contributed by atoms with Crippen LogP contribution in [0.3, 0.4) is 0 Å². The number of benzene rings is 1. The predicted octanol–water partition coefficient (Wildman–Crippen LogP) is 2.62. The van der Waals surface area contributed by atoms with Crippen LogP contribution < -0.4 is 5.32 Å². The number of alkyl halides is 1. The lowest BCUT2D eigenvalue weighted by atomic mass is 9.93. The lowest BCUT2D eigenvalue weighted by molar-refractivity contribution is 0.166. The number of hydrogen-bond acceptors (Lipinski definition) is 2. The summed E-state index contributed by atoms with van der Waals surface area (Å²) >= 11 is 0. The van der Waals surface area contributed by atoms with Gasteiger partial charge in [0.2, 0.25) is 0 Å². The monoisotopic (exact) mass is 273 g/mol. The Morgan fingerprint density at radius 1 is 1.39 bits per heavy atom. The molecule has 1 aliphatic heterocycles. The highest BCUT2D eigenvalue weighted by atomic mass is 32.2. The average Bonchev–Trinajstić information content (AvgIpc) is 2.39. The first-order valence-corrected chi connectivity index (χ1v) is 7.24. The van der Waals surface area contributed by atoms with Gasteiger partial charge in [-0.3, -0.25) is 4.21 Å². The number of halogens is 2. The van der Waals surface area contributed by atoms with Gasteiger partial charge >= 0.3 is 0 Å². The van der Waals surface area contributed by atoms with Gasteiger partial charge in [0, 0.05) is 10.8 Å². The van der Waals surface area contributed by atoms with Crippen LogP contribution in [-0.4, -0.2) is 22.3 Å². The Morgan fingerprint density at radius 2 is 2.06 bits per heavy atom. The van der Waals surface area contributed by atoms with Crippen LogP contribution in [0.5, 0.6) is 0 Å². The van der Waals surface area contributed by atoms with Crippen LogP contribution in [0.15, 0.2) is 29.2 Å². The summed E-state index contributed by atoms with van der Waals surface area (Å²) in [6, 6.07) is 5.38. The highest BCUT2D eigenvalue weighted by molar-refractivity contribution is 7.86. The molecule has 1 aliphatic rings. The summed E-state index contributed by atoms with van der Waals surface area (Å²) in [5, 5.41) is 1.34. The number of rotatable bonds is 3. The Hall–Kier alpha value is -0.810. The summed E-state index contributed by atoms with van der Waals surface area (Å²) in [4.78, 5) is 0.221. The van der Waals surface area contributed by atoms with Gasteiger partial charge in [0.1, 0.15) is 5.82 Å². The van der Waals surface area contributed by atoms with Gasteiger partial charge in [-0.15, -0.1) is 0 Å². The molecule has 2 atom stereocenters. The third kappa shape index (κ3) is 2.78. The molecule has 2 unspecified atom stereocenters. The van der Waals surface area contributed by atoms with E-state index in [0.717, 1.165) is 19.2 Å². The van der Waals surface area contributed by atoms with Gasteiger partial charge in [0.25, 0.3) is 0 Å². The van der Waals surface area contributed by atoms with Gasteiger partial charge in [-0.25, -0.2) is 8.78 Å². The van der Waals surface area contributed by atoms with Crippen LogP contribution in [0, 0.1) is 11.7 Å². The maximum absolute atomic E-state index is 14.7. The Balaban J connectivity index is 2.20. The van der Waals surface area contributed by atoms with Crippen LogP contribution in [0.2, 0.25) is 0 Å². The molecule has 5 heteroatoms. The quantitative estimate of drug-likeness (QED) is 0.917. The first-order valence-electron chi connectivity index (χ1n) is 6.09. The second kappa shape index (κ2) is 5.45. The molecular formula is C13H17F2NOS. The highest BCUT2D eigenvalue weighted by Crippen LogP contribution is 2.35. The Bertz CT molecular complexity index is 444. The van der Waals surface area contributed by atoms with E-state index in [9.17, 15) is 13.0 Å². The van der Waals surface area contributed by atoms with Crippen molar-refractivity contribution in [1.82, 2.24) is 5.32 Å². The van der Waals surface area contributed by atoms with Gasteiger partial charge in [-0.05, 0) is 51.1 Å². The zero-order valence-electron chi connectivity index (χ0n) is 10.3. The standard InChI is InChI=1S/C13H17F2NOS/c1-13(15,10-5-7-16-8-6-10)18(17)12-4-2-3-11(14)9-12/h2-4,9-10,16H,5-8H2,1H3. The highest BCUT2D eigenvalue weighted by Gasteiger charge is 2.41. The number of piperidine rings is 1. The van der Waals surface area contributed by atoms with E-state index >= 15 is 0 Å². The lowest BCUT2D eigenvalue weighted by Crippen LogP contribution is -2.41. The van der Waals surface area contributed by atoms with Crippen LogP contribution >= 0.6 is 0 Å². The minimum atomic E-state index is -1.84. The maximum Gasteiger partial charge on any atom is 0.189 e. The molecule has 1 aromatic rings. The van der Waals surface area contributed by atoms with E-state index in [-0.39, 0.29) is 10.8 Å². The van der Waals surface area contributed by atoms with Gasteiger partial charge in [0.05, 0.1) is 10.8 Å². The first-order chi connectivity index (χ1) is 8.51. The summed E-state index contributed by atoms with van der Waals surface area (Å²) in [5.74, 6) is -0.732. The third-order valence-corrected chi connectivity index (χ3v) is 5.18. The van der Waals surface area contributed by atoms with Crippen molar-refractivity contribution in [2.45, 2.75) is 29.7 Å². The zero-order chi connectivity index (χ0) is 13.2. The first kappa shape index (κ1) is 13.6. The summed E-state index contributed by atoms with van der Waals surface area (Å²) in [6.07, 6.45) is 1.32. The molecule has 18 heavy (non-hydrogen) atoms. The Morgan fingerprint density at radius 3 is 2.67 bits per heavy atom. The van der Waals surface area contributed by atoms with Crippen LogP contribution in [0.4, 0.5) is 8.78 Å². The molecule has 1 heterocycles. The topological polar surface area (TPSA) is 29.1 Å². The molecule has 0 amide bonds. The largest absolute Gasteiger partial charge is 0.317 e. The van der Waals surface area contributed by atoms with Crippen LogP contribution in [-0.2, 0) is 10.8 Å². The molecule has 1 N–H and O–H groups in total. The van der Waals surface area contributed by atoms with Crippen molar-refractivity contribution < 1.29 is 13.0 Å². The van der Waals surface area contributed by atoms with Crippen molar-refractivity contribution >= 4 is 10.8 Å². The van der Waals surface area contributed by atoms with Crippen molar-refractivity contribution in [3.8, 4) is 0 Å². The van der Waals surface area contributed by atoms with E-state index in [1.165, 1.54) is 25.1 Å². The molecule has 0 aliphatic carbocycles. The van der Waals surface area contributed by atoms with Gasteiger partial charge in [-0.1, -0.05) is 6.07 Å². The maximum atomic E-state index is 14.7. The van der Waals surface area contributed by atoms with Crippen LogP contribution in [0.1, 0.15) is 19.8 Å². The van der Waals surface area contributed by atoms with Gasteiger partial charge in [-0.2, -0.15) is 0 Å². The van der Waals surface area contributed by atoms with Crippen molar-refractivity contribution in [2.24, 2.45) is 5.92 Å². The molecule has 2 nitrogen and oxygen atoms in total. The van der Waals surface area contributed by atoms with Crippen molar-refractivity contribution in [1.29, 1.82) is 0 Å². The molecule has 2 rings (SSSR count).